The number of nitrogens with two attached hydrogens (primary N) is 1. The molecule has 2 nitrogen and oxygen atoms in total. The van der Waals surface area contributed by atoms with E-state index in [1.807, 2.05) is 19.9 Å². The molecule has 0 bridgehead atoms. The second kappa shape index (κ2) is 3.90. The van der Waals surface area contributed by atoms with Crippen molar-refractivity contribution in [2.24, 2.45) is 5.73 Å². The van der Waals surface area contributed by atoms with Crippen LogP contribution in [0.15, 0.2) is 18.2 Å². The van der Waals surface area contributed by atoms with Crippen LogP contribution in [0.4, 0.5) is 0 Å². The number of ketones is 1. The molecule has 1 rings (SSSR count). The maximum absolute atomic E-state index is 11.4. The number of aryl methyl sites for hydroxylation is 2. The zero-order valence-corrected chi connectivity index (χ0v) is 8.43. The Bertz CT molecular complexity index is 334. The number of alkyl halides is 1. The largest absolute Gasteiger partial charge is 0.309 e. The van der Waals surface area contributed by atoms with Crippen molar-refractivity contribution in [3.8, 4) is 0 Å². The van der Waals surface area contributed by atoms with Crippen LogP contribution in [0.5, 0.6) is 0 Å². The molecular weight excluding hydrogens is 186 g/mol. The predicted octanol–water partition coefficient (Wildman–Crippen LogP) is 2.01. The van der Waals surface area contributed by atoms with Gasteiger partial charge in [0.05, 0.1) is 0 Å². The van der Waals surface area contributed by atoms with E-state index in [0.717, 1.165) is 11.1 Å². The second-order valence-corrected chi connectivity index (χ2v) is 3.54. The molecule has 0 fully saturated rings. The minimum atomic E-state index is -0.942. The fourth-order valence-electron chi connectivity index (χ4n) is 1.05. The van der Waals surface area contributed by atoms with E-state index in [1.54, 1.807) is 12.1 Å². The Labute approximate surface area is 82.7 Å². The summed E-state index contributed by atoms with van der Waals surface area (Å²) in [5, 5.41) is 0. The summed E-state index contributed by atoms with van der Waals surface area (Å²) in [6.45, 7) is 3.94. The Morgan fingerprint density at radius 1 is 1.38 bits per heavy atom. The molecule has 1 unspecified atom stereocenters. The molecule has 0 aliphatic heterocycles. The van der Waals surface area contributed by atoms with E-state index in [0.29, 0.717) is 5.56 Å². The van der Waals surface area contributed by atoms with Gasteiger partial charge in [0.1, 0.15) is 5.50 Å². The minimum absolute atomic E-state index is 0.232. The van der Waals surface area contributed by atoms with Crippen molar-refractivity contribution in [2.45, 2.75) is 19.3 Å². The van der Waals surface area contributed by atoms with Crippen molar-refractivity contribution in [1.82, 2.24) is 0 Å². The van der Waals surface area contributed by atoms with Crippen LogP contribution < -0.4 is 5.73 Å². The molecule has 2 N–H and O–H groups in total. The molecule has 0 radical (unpaired) electrons. The van der Waals surface area contributed by atoms with Gasteiger partial charge in [0.15, 0.2) is 5.78 Å². The Hall–Kier alpha value is -0.860. The number of carbonyl (C=O) groups excluding carboxylic acids is 1. The Morgan fingerprint density at radius 2 is 2.00 bits per heavy atom. The van der Waals surface area contributed by atoms with Crippen LogP contribution in [0, 0.1) is 13.8 Å². The normalized spacial score (nSPS) is 12.6. The number of hydrogen-bond acceptors (Lipinski definition) is 2. The van der Waals surface area contributed by atoms with Gasteiger partial charge in [0, 0.05) is 5.56 Å². The SMILES string of the molecule is Cc1ccc(C(=O)C(N)Cl)cc1C. The van der Waals surface area contributed by atoms with Crippen molar-refractivity contribution in [3.05, 3.63) is 34.9 Å². The lowest BCUT2D eigenvalue weighted by Crippen LogP contribution is -2.24. The van der Waals surface area contributed by atoms with Crippen molar-refractivity contribution in [2.75, 3.05) is 0 Å². The minimum Gasteiger partial charge on any atom is -0.309 e. The third-order valence-corrected chi connectivity index (χ3v) is 2.24. The summed E-state index contributed by atoms with van der Waals surface area (Å²) < 4.78 is 0. The highest BCUT2D eigenvalue weighted by Gasteiger charge is 2.12. The molecule has 1 aromatic rings. The van der Waals surface area contributed by atoms with Gasteiger partial charge < -0.3 is 5.73 Å². The molecule has 0 saturated heterocycles. The van der Waals surface area contributed by atoms with E-state index in [4.69, 9.17) is 17.3 Å². The van der Waals surface area contributed by atoms with Crippen LogP contribution in [0.25, 0.3) is 0 Å². The molecule has 0 amide bonds. The first-order chi connectivity index (χ1) is 6.02. The zero-order valence-electron chi connectivity index (χ0n) is 7.67. The van der Waals surface area contributed by atoms with Gasteiger partial charge in [-0.15, -0.1) is 0 Å². The Morgan fingerprint density at radius 3 is 2.46 bits per heavy atom. The van der Waals surface area contributed by atoms with Gasteiger partial charge in [0.25, 0.3) is 0 Å². The first-order valence-corrected chi connectivity index (χ1v) is 4.47. The molecule has 1 atom stereocenters. The predicted molar refractivity (Wildman–Crippen MR) is 54.1 cm³/mol. The quantitative estimate of drug-likeness (QED) is 0.448. The third-order valence-electron chi connectivity index (χ3n) is 2.04. The summed E-state index contributed by atoms with van der Waals surface area (Å²) in [7, 11) is 0. The molecule has 0 aromatic heterocycles. The van der Waals surface area contributed by atoms with Gasteiger partial charge in [-0.05, 0) is 31.0 Å². The molecule has 13 heavy (non-hydrogen) atoms. The van der Waals surface area contributed by atoms with E-state index in [-0.39, 0.29) is 5.78 Å². The average molecular weight is 198 g/mol. The highest BCUT2D eigenvalue weighted by atomic mass is 35.5. The lowest BCUT2D eigenvalue weighted by Gasteiger charge is -2.05. The third kappa shape index (κ3) is 2.29. The van der Waals surface area contributed by atoms with Crippen molar-refractivity contribution >= 4 is 17.4 Å². The van der Waals surface area contributed by atoms with Crippen LogP contribution >= 0.6 is 11.6 Å². The second-order valence-electron chi connectivity index (χ2n) is 3.07. The topological polar surface area (TPSA) is 43.1 Å². The van der Waals surface area contributed by atoms with E-state index in [1.165, 1.54) is 0 Å². The zero-order chi connectivity index (χ0) is 10.0. The van der Waals surface area contributed by atoms with Crippen LogP contribution in [-0.4, -0.2) is 11.3 Å². The molecule has 0 aliphatic rings. The molecule has 1 aromatic carbocycles. The number of rotatable bonds is 2. The fraction of sp³-hybridized carbons (Fsp3) is 0.300. The monoisotopic (exact) mass is 197 g/mol. The molecule has 0 saturated carbocycles. The van der Waals surface area contributed by atoms with Gasteiger partial charge in [-0.25, -0.2) is 0 Å². The standard InChI is InChI=1S/C10H12ClNO/c1-6-3-4-8(5-7(6)2)9(13)10(11)12/h3-5,10H,12H2,1-2H3. The van der Waals surface area contributed by atoms with Gasteiger partial charge >= 0.3 is 0 Å². The Kier molecular flexibility index (Phi) is 3.07. The summed E-state index contributed by atoms with van der Waals surface area (Å²) in [4.78, 5) is 11.4. The van der Waals surface area contributed by atoms with Crippen LogP contribution in [0.1, 0.15) is 21.5 Å². The van der Waals surface area contributed by atoms with E-state index < -0.39 is 5.50 Å². The number of hydrogen-bond donors (Lipinski definition) is 1. The van der Waals surface area contributed by atoms with E-state index in [9.17, 15) is 4.79 Å². The maximum Gasteiger partial charge on any atom is 0.194 e. The number of carbonyl (C=O) groups is 1. The van der Waals surface area contributed by atoms with Gasteiger partial charge in [0.2, 0.25) is 0 Å². The molecule has 70 valence electrons. The van der Waals surface area contributed by atoms with E-state index in [2.05, 4.69) is 0 Å². The van der Waals surface area contributed by atoms with Crippen molar-refractivity contribution in [3.63, 3.8) is 0 Å². The summed E-state index contributed by atoms with van der Waals surface area (Å²) in [6, 6.07) is 5.44. The van der Waals surface area contributed by atoms with Crippen LogP contribution in [0.3, 0.4) is 0 Å². The molecule has 0 aliphatic carbocycles. The maximum atomic E-state index is 11.4. The van der Waals surface area contributed by atoms with Crippen LogP contribution in [0.2, 0.25) is 0 Å². The first kappa shape index (κ1) is 10.2. The summed E-state index contributed by atoms with van der Waals surface area (Å²) >= 11 is 5.48. The van der Waals surface area contributed by atoms with Crippen molar-refractivity contribution < 1.29 is 4.79 Å². The van der Waals surface area contributed by atoms with Crippen LogP contribution in [-0.2, 0) is 0 Å². The number of Topliss-reactive ketones (excluding diaryl/α,β-unsaturated/α-hetero) is 1. The first-order valence-electron chi connectivity index (χ1n) is 4.03. The molecule has 3 heteroatoms. The van der Waals surface area contributed by atoms with Gasteiger partial charge in [-0.1, -0.05) is 23.7 Å². The lowest BCUT2D eigenvalue weighted by molar-refractivity contribution is 0.0988. The highest BCUT2D eigenvalue weighted by Crippen LogP contribution is 2.11. The molecule has 0 spiro atoms. The number of benzene rings is 1. The van der Waals surface area contributed by atoms with Crippen molar-refractivity contribution in [1.29, 1.82) is 0 Å². The highest BCUT2D eigenvalue weighted by molar-refractivity contribution is 6.33. The summed E-state index contributed by atoms with van der Waals surface area (Å²) in [5.41, 5.74) is 7.13. The molecule has 0 heterocycles. The molecular formula is C10H12ClNO. The lowest BCUT2D eigenvalue weighted by atomic mass is 10.0. The van der Waals surface area contributed by atoms with E-state index >= 15 is 0 Å². The smallest absolute Gasteiger partial charge is 0.194 e. The average Bonchev–Trinajstić information content (AvgIpc) is 2.08. The summed E-state index contributed by atoms with van der Waals surface area (Å²) in [5.74, 6) is -0.232. The fourth-order valence-corrected chi connectivity index (χ4v) is 1.18. The Balaban J connectivity index is 3.04. The summed E-state index contributed by atoms with van der Waals surface area (Å²) in [6.07, 6.45) is 0. The van der Waals surface area contributed by atoms with Gasteiger partial charge in [-0.2, -0.15) is 0 Å². The van der Waals surface area contributed by atoms with Gasteiger partial charge in [-0.3, -0.25) is 4.79 Å². The number of halogens is 1.